The molecule has 4 aromatic rings. The molecule has 3 aromatic carbocycles. The Morgan fingerprint density at radius 1 is 0.933 bits per heavy atom. The Morgan fingerprint density at radius 3 is 2.60 bits per heavy atom. The van der Waals surface area contributed by atoms with Gasteiger partial charge >= 0.3 is 5.97 Å². The van der Waals surface area contributed by atoms with Crippen molar-refractivity contribution in [2.45, 2.75) is 6.54 Å². The Balaban J connectivity index is 1.49. The minimum Gasteiger partial charge on any atom is -0.457 e. The van der Waals surface area contributed by atoms with Crippen LogP contribution in [-0.2, 0) is 16.2 Å². The topological polar surface area (TPSA) is 72.1 Å². The van der Waals surface area contributed by atoms with Crippen LogP contribution in [0.5, 0.6) is 0 Å². The van der Waals surface area contributed by atoms with Gasteiger partial charge in [0.1, 0.15) is 0 Å². The highest BCUT2D eigenvalue weighted by Crippen LogP contribution is 2.32. The molecule has 1 aliphatic rings. The number of hydrogen-bond donors (Lipinski definition) is 0. The molecule has 0 saturated heterocycles. The molecule has 0 aliphatic carbocycles. The maximum Gasteiger partial charge on any atom is 0.400 e. The zero-order valence-electron chi connectivity index (χ0n) is 15.8. The van der Waals surface area contributed by atoms with Gasteiger partial charge in [0.2, 0.25) is 5.76 Å². The summed E-state index contributed by atoms with van der Waals surface area (Å²) < 4.78 is 5.01. The number of rotatable bonds is 4. The van der Waals surface area contributed by atoms with Crippen molar-refractivity contribution in [3.8, 4) is 0 Å². The number of nitrogens with zero attached hydrogens (tertiary/aromatic N) is 2. The molecule has 1 aromatic heterocycles. The summed E-state index contributed by atoms with van der Waals surface area (Å²) in [6.07, 6.45) is 1.37. The molecule has 0 saturated carbocycles. The van der Waals surface area contributed by atoms with E-state index in [-0.39, 0.29) is 17.4 Å². The number of furan rings is 1. The van der Waals surface area contributed by atoms with Gasteiger partial charge in [0, 0.05) is 5.56 Å². The summed E-state index contributed by atoms with van der Waals surface area (Å²) in [5, 5.41) is 6.06. The lowest BCUT2D eigenvalue weighted by atomic mass is 10.0. The second kappa shape index (κ2) is 7.33. The fraction of sp³-hybridized carbons (Fsp3) is 0.0417. The average Bonchev–Trinajstić information content (AvgIpc) is 3.40. The van der Waals surface area contributed by atoms with Crippen LogP contribution >= 0.6 is 0 Å². The molecule has 1 aliphatic heterocycles. The van der Waals surface area contributed by atoms with Gasteiger partial charge in [-0.1, -0.05) is 65.8 Å². The van der Waals surface area contributed by atoms with Crippen molar-refractivity contribution in [2.24, 2.45) is 5.16 Å². The lowest BCUT2D eigenvalue weighted by Gasteiger charge is -2.18. The molecule has 0 atom stereocenters. The van der Waals surface area contributed by atoms with Crippen LogP contribution in [0.15, 0.2) is 94.7 Å². The standard InChI is InChI=1S/C24H16N2O4/c27-23-22(25-30-24(28)21-13-6-14-29-21)19-11-3-4-12-20(19)26(23)15-17-9-5-8-16-7-1-2-10-18(16)17/h1-14H,15H2/b25-22-. The first-order valence-corrected chi connectivity index (χ1v) is 9.43. The number of amides is 1. The van der Waals surface area contributed by atoms with E-state index < -0.39 is 5.97 Å². The first-order valence-electron chi connectivity index (χ1n) is 9.43. The summed E-state index contributed by atoms with van der Waals surface area (Å²) in [6.45, 7) is 0.377. The molecular formula is C24H16N2O4. The zero-order chi connectivity index (χ0) is 20.5. The molecule has 0 fully saturated rings. The van der Waals surface area contributed by atoms with Crippen LogP contribution in [0.4, 0.5) is 5.69 Å². The smallest absolute Gasteiger partial charge is 0.400 e. The predicted octanol–water partition coefficient (Wildman–Crippen LogP) is 4.54. The number of carbonyl (C=O) groups excluding carboxylic acids is 2. The second-order valence-electron chi connectivity index (χ2n) is 6.84. The minimum atomic E-state index is -0.759. The number of para-hydroxylation sites is 1. The Hall–Kier alpha value is -4.19. The molecule has 0 bridgehead atoms. The molecule has 6 nitrogen and oxygen atoms in total. The van der Waals surface area contributed by atoms with Crippen LogP contribution in [-0.4, -0.2) is 17.6 Å². The van der Waals surface area contributed by atoms with Crippen LogP contribution in [0.2, 0.25) is 0 Å². The van der Waals surface area contributed by atoms with Crippen LogP contribution in [0, 0.1) is 0 Å². The monoisotopic (exact) mass is 396 g/mol. The molecular weight excluding hydrogens is 380 g/mol. The van der Waals surface area contributed by atoms with E-state index >= 15 is 0 Å². The lowest BCUT2D eigenvalue weighted by Crippen LogP contribution is -2.30. The Bertz CT molecular complexity index is 1290. The molecule has 0 N–H and O–H groups in total. The van der Waals surface area contributed by atoms with Crippen molar-refractivity contribution in [3.63, 3.8) is 0 Å². The first-order chi connectivity index (χ1) is 14.7. The van der Waals surface area contributed by atoms with E-state index in [0.717, 1.165) is 22.0 Å². The summed E-state index contributed by atoms with van der Waals surface area (Å²) in [6, 6.07) is 24.4. The molecule has 1 amide bonds. The van der Waals surface area contributed by atoms with Crippen molar-refractivity contribution < 1.29 is 18.8 Å². The van der Waals surface area contributed by atoms with Gasteiger partial charge in [-0.05, 0) is 34.5 Å². The maximum atomic E-state index is 13.2. The van der Waals surface area contributed by atoms with E-state index in [2.05, 4.69) is 5.16 Å². The Kier molecular flexibility index (Phi) is 4.37. The quantitative estimate of drug-likeness (QED) is 0.375. The molecule has 0 unspecified atom stereocenters. The van der Waals surface area contributed by atoms with Gasteiger partial charge in [-0.2, -0.15) is 0 Å². The van der Waals surface area contributed by atoms with Gasteiger partial charge in [0.25, 0.3) is 5.91 Å². The average molecular weight is 396 g/mol. The number of anilines is 1. The highest BCUT2D eigenvalue weighted by molar-refractivity contribution is 6.54. The van der Waals surface area contributed by atoms with Gasteiger partial charge in [-0.3, -0.25) is 4.79 Å². The van der Waals surface area contributed by atoms with Crippen molar-refractivity contribution in [1.82, 2.24) is 0 Å². The number of benzene rings is 3. The van der Waals surface area contributed by atoms with E-state index in [1.54, 1.807) is 17.0 Å². The summed E-state index contributed by atoms with van der Waals surface area (Å²) in [5.74, 6) is -1.06. The summed E-state index contributed by atoms with van der Waals surface area (Å²) in [4.78, 5) is 31.9. The summed E-state index contributed by atoms with van der Waals surface area (Å²) in [7, 11) is 0. The Labute approximate surface area is 172 Å². The van der Waals surface area contributed by atoms with Crippen LogP contribution < -0.4 is 4.90 Å². The molecule has 6 heteroatoms. The van der Waals surface area contributed by atoms with E-state index in [1.807, 2.05) is 60.7 Å². The third-order valence-electron chi connectivity index (χ3n) is 5.05. The number of oxime groups is 1. The molecule has 146 valence electrons. The first kappa shape index (κ1) is 17.9. The van der Waals surface area contributed by atoms with E-state index in [9.17, 15) is 9.59 Å². The SMILES string of the molecule is O=C(O/N=C1\C(=O)N(Cc2cccc3ccccc23)c2ccccc21)c1ccco1. The number of fused-ring (bicyclic) bond motifs is 2. The molecule has 0 spiro atoms. The number of hydrogen-bond acceptors (Lipinski definition) is 5. The lowest BCUT2D eigenvalue weighted by molar-refractivity contribution is -0.112. The van der Waals surface area contributed by atoms with Crippen molar-refractivity contribution in [1.29, 1.82) is 0 Å². The molecule has 0 radical (unpaired) electrons. The fourth-order valence-corrected chi connectivity index (χ4v) is 3.63. The summed E-state index contributed by atoms with van der Waals surface area (Å²) >= 11 is 0. The van der Waals surface area contributed by atoms with Crippen molar-refractivity contribution in [3.05, 3.63) is 102 Å². The van der Waals surface area contributed by atoms with Gasteiger partial charge in [0.15, 0.2) is 5.71 Å². The van der Waals surface area contributed by atoms with Gasteiger partial charge < -0.3 is 14.2 Å². The second-order valence-corrected chi connectivity index (χ2v) is 6.84. The third kappa shape index (κ3) is 3.04. The molecule has 5 rings (SSSR count). The normalized spacial score (nSPS) is 14.3. The Morgan fingerprint density at radius 2 is 1.73 bits per heavy atom. The number of carbonyl (C=O) groups is 2. The van der Waals surface area contributed by atoms with Crippen LogP contribution in [0.3, 0.4) is 0 Å². The van der Waals surface area contributed by atoms with E-state index in [4.69, 9.17) is 9.25 Å². The van der Waals surface area contributed by atoms with Gasteiger partial charge in [-0.15, -0.1) is 0 Å². The summed E-state index contributed by atoms with van der Waals surface area (Å²) in [5.41, 5.74) is 2.45. The van der Waals surface area contributed by atoms with Crippen molar-refractivity contribution >= 4 is 34.0 Å². The van der Waals surface area contributed by atoms with E-state index in [1.165, 1.54) is 12.3 Å². The third-order valence-corrected chi connectivity index (χ3v) is 5.05. The van der Waals surface area contributed by atoms with Crippen LogP contribution in [0.1, 0.15) is 21.7 Å². The minimum absolute atomic E-state index is 0.0192. The predicted molar refractivity (Wildman–Crippen MR) is 112 cm³/mol. The van der Waals surface area contributed by atoms with Crippen LogP contribution in [0.25, 0.3) is 10.8 Å². The van der Waals surface area contributed by atoms with Gasteiger partial charge in [0.05, 0.1) is 18.5 Å². The van der Waals surface area contributed by atoms with E-state index in [0.29, 0.717) is 12.1 Å². The maximum absolute atomic E-state index is 13.2. The highest BCUT2D eigenvalue weighted by Gasteiger charge is 2.35. The highest BCUT2D eigenvalue weighted by atomic mass is 16.7. The van der Waals surface area contributed by atoms with Crippen molar-refractivity contribution in [2.75, 3.05) is 4.90 Å². The molecule has 30 heavy (non-hydrogen) atoms. The fourth-order valence-electron chi connectivity index (χ4n) is 3.63. The van der Waals surface area contributed by atoms with Gasteiger partial charge in [-0.25, -0.2) is 4.79 Å². The zero-order valence-corrected chi connectivity index (χ0v) is 15.8. The molecule has 2 heterocycles. The largest absolute Gasteiger partial charge is 0.457 e.